The molecule has 1 N–H and O–H groups in total. The van der Waals surface area contributed by atoms with Gasteiger partial charge in [-0.25, -0.2) is 0 Å². The summed E-state index contributed by atoms with van der Waals surface area (Å²) in [6.45, 7) is 13.7. The number of nitrogens with one attached hydrogen (secondary N) is 1. The fourth-order valence-electron chi connectivity index (χ4n) is 6.73. The number of aromatic nitrogens is 4. The first-order valence-electron chi connectivity index (χ1n) is 16.3. The molecule has 0 saturated heterocycles. The van der Waals surface area contributed by atoms with Crippen molar-refractivity contribution in [2.45, 2.75) is 62.9 Å². The van der Waals surface area contributed by atoms with Crippen LogP contribution in [0.25, 0.3) is 5.69 Å². The number of benzene rings is 3. The van der Waals surface area contributed by atoms with E-state index in [-0.39, 0.29) is 10.8 Å². The van der Waals surface area contributed by atoms with Gasteiger partial charge in [0.15, 0.2) is 0 Å². The molecular formula is C40H44N6S. The normalized spacial score (nSPS) is 18.0. The maximum atomic E-state index is 4.56. The molecule has 2 heterocycles. The molecule has 0 atom stereocenters. The number of hydrogen-bond acceptors (Lipinski definition) is 6. The van der Waals surface area contributed by atoms with E-state index >= 15 is 0 Å². The Morgan fingerprint density at radius 2 is 1.68 bits per heavy atom. The molecule has 7 heteroatoms. The van der Waals surface area contributed by atoms with Gasteiger partial charge in [-0.3, -0.25) is 0 Å². The lowest BCUT2D eigenvalue weighted by atomic mass is 9.77. The zero-order valence-electron chi connectivity index (χ0n) is 28.3. The Bertz CT molecular complexity index is 1910. The molecule has 0 bridgehead atoms. The Labute approximate surface area is 283 Å². The number of rotatable bonds is 9. The molecule has 0 fully saturated rings. The van der Waals surface area contributed by atoms with Gasteiger partial charge in [-0.1, -0.05) is 107 Å². The van der Waals surface area contributed by atoms with Crippen LogP contribution in [0, 0.1) is 0 Å². The third-order valence-corrected chi connectivity index (χ3v) is 10.8. The summed E-state index contributed by atoms with van der Waals surface area (Å²) < 4.78 is 1.82. The average Bonchev–Trinajstić information content (AvgIpc) is 3.63. The molecule has 0 radical (unpaired) electrons. The predicted octanol–water partition coefficient (Wildman–Crippen LogP) is 9.56. The fraction of sp³-hybridized carbons (Fsp3) is 0.275. The Morgan fingerprint density at radius 3 is 2.45 bits per heavy atom. The number of para-hydroxylation sites is 3. The van der Waals surface area contributed by atoms with Crippen LogP contribution in [0.4, 0.5) is 11.4 Å². The highest BCUT2D eigenvalue weighted by molar-refractivity contribution is 8.03. The predicted molar refractivity (Wildman–Crippen MR) is 197 cm³/mol. The molecule has 0 saturated carbocycles. The molecule has 0 amide bonds. The average molecular weight is 641 g/mol. The molecule has 4 aromatic rings. The molecule has 2 aliphatic rings. The number of thioether (sulfide) groups is 1. The van der Waals surface area contributed by atoms with Crippen molar-refractivity contribution in [3.63, 3.8) is 0 Å². The van der Waals surface area contributed by atoms with Crippen molar-refractivity contribution < 1.29 is 0 Å². The molecular weight excluding hydrogens is 597 g/mol. The second-order valence-electron chi connectivity index (χ2n) is 13.2. The largest absolute Gasteiger partial charge is 0.388 e. The van der Waals surface area contributed by atoms with Crippen LogP contribution >= 0.6 is 11.8 Å². The minimum atomic E-state index is -0.257. The second-order valence-corrected chi connectivity index (χ2v) is 14.2. The van der Waals surface area contributed by atoms with Gasteiger partial charge in [-0.05, 0) is 99.6 Å². The number of anilines is 2. The number of hydrogen-bond donors (Lipinski definition) is 1. The van der Waals surface area contributed by atoms with Crippen molar-refractivity contribution in [2.75, 3.05) is 24.3 Å². The molecule has 47 heavy (non-hydrogen) atoms. The molecule has 0 spiro atoms. The smallest absolute Gasteiger partial charge is 0.218 e. The fourth-order valence-corrected chi connectivity index (χ4v) is 7.82. The van der Waals surface area contributed by atoms with E-state index in [1.54, 1.807) is 11.8 Å². The van der Waals surface area contributed by atoms with Gasteiger partial charge in [0.25, 0.3) is 0 Å². The zero-order chi connectivity index (χ0) is 33.2. The standard InChI is InChI=1S/C40H44N6S/c1-28(39(2,3)32-20-11-13-22-34(32)41-6)24-25-29-16-15-17-30(26-27-36-40(4,5)33-21-12-14-23-35(33)45(36)7)37(29)47-38-42-43-44-46(38)31-18-9-8-10-19-31/h8-14,18-27,41H,1,15-17H2,2-7H3/b25-24+,30-26+,36-27+. The highest BCUT2D eigenvalue weighted by Gasteiger charge is 2.38. The lowest BCUT2D eigenvalue weighted by molar-refractivity contribution is 0.640. The summed E-state index contributed by atoms with van der Waals surface area (Å²) in [5, 5.41) is 17.0. The minimum Gasteiger partial charge on any atom is -0.388 e. The van der Waals surface area contributed by atoms with Crippen LogP contribution in [0.1, 0.15) is 58.1 Å². The van der Waals surface area contributed by atoms with E-state index in [0.29, 0.717) is 0 Å². The molecule has 0 unspecified atom stereocenters. The monoisotopic (exact) mass is 640 g/mol. The van der Waals surface area contributed by atoms with E-state index in [2.05, 4.69) is 140 Å². The van der Waals surface area contributed by atoms with Gasteiger partial charge in [0, 0.05) is 46.9 Å². The van der Waals surface area contributed by atoms with E-state index in [1.165, 1.54) is 38.6 Å². The summed E-state index contributed by atoms with van der Waals surface area (Å²) in [4.78, 5) is 3.53. The number of fused-ring (bicyclic) bond motifs is 1. The summed E-state index contributed by atoms with van der Waals surface area (Å²) in [6.07, 6.45) is 12.1. The molecule has 3 aromatic carbocycles. The first-order valence-corrected chi connectivity index (χ1v) is 17.1. The maximum absolute atomic E-state index is 4.56. The van der Waals surface area contributed by atoms with Crippen molar-refractivity contribution in [2.24, 2.45) is 0 Å². The van der Waals surface area contributed by atoms with Gasteiger partial charge < -0.3 is 10.2 Å². The summed E-state index contributed by atoms with van der Waals surface area (Å²) in [6, 6.07) is 27.3. The third-order valence-electron chi connectivity index (χ3n) is 9.65. The minimum absolute atomic E-state index is 0.0960. The Hall–Kier alpha value is -4.62. The first kappa shape index (κ1) is 32.3. The van der Waals surface area contributed by atoms with E-state index < -0.39 is 0 Å². The summed E-state index contributed by atoms with van der Waals surface area (Å²) in [5.74, 6) is 0. The van der Waals surface area contributed by atoms with E-state index in [4.69, 9.17) is 0 Å². The lowest BCUT2D eigenvalue weighted by Gasteiger charge is -2.29. The highest BCUT2D eigenvalue weighted by atomic mass is 32.2. The number of allylic oxidation sites excluding steroid dienone is 8. The summed E-state index contributed by atoms with van der Waals surface area (Å²) >= 11 is 1.65. The molecule has 240 valence electrons. The number of tetrazole rings is 1. The van der Waals surface area contributed by atoms with Crippen LogP contribution in [0.5, 0.6) is 0 Å². The van der Waals surface area contributed by atoms with Gasteiger partial charge in [-0.2, -0.15) is 4.68 Å². The van der Waals surface area contributed by atoms with Gasteiger partial charge in [0.2, 0.25) is 5.16 Å². The zero-order valence-corrected chi connectivity index (χ0v) is 29.1. The quantitative estimate of drug-likeness (QED) is 0.184. The highest BCUT2D eigenvalue weighted by Crippen LogP contribution is 2.47. The van der Waals surface area contributed by atoms with Crippen molar-refractivity contribution >= 4 is 23.1 Å². The SMILES string of the molecule is C=C(/C=C/C1=C(Sc2nnnn2-c2ccccc2)C(=C/C=C2/N(C)c3ccccc3C2(C)C)/CCC1)C(C)(C)c1ccccc1NC. The topological polar surface area (TPSA) is 58.9 Å². The van der Waals surface area contributed by atoms with Gasteiger partial charge in [-0.15, -0.1) is 5.10 Å². The van der Waals surface area contributed by atoms with E-state index in [0.717, 1.165) is 41.4 Å². The number of likely N-dealkylation sites (N-methyl/N-ethyl adjacent to an activating group) is 1. The van der Waals surface area contributed by atoms with Gasteiger partial charge >= 0.3 is 0 Å². The Balaban J connectivity index is 1.41. The first-order chi connectivity index (χ1) is 22.6. The molecule has 6 rings (SSSR count). The van der Waals surface area contributed by atoms with Crippen LogP contribution in [0.3, 0.4) is 0 Å². The van der Waals surface area contributed by atoms with Crippen LogP contribution in [0.15, 0.2) is 142 Å². The van der Waals surface area contributed by atoms with Crippen LogP contribution < -0.4 is 10.2 Å². The van der Waals surface area contributed by atoms with E-state index in [1.807, 2.05) is 42.1 Å². The van der Waals surface area contributed by atoms with Crippen LogP contribution in [-0.2, 0) is 10.8 Å². The molecule has 1 aromatic heterocycles. The lowest BCUT2D eigenvalue weighted by Crippen LogP contribution is -2.22. The number of nitrogens with zero attached hydrogens (tertiary/aromatic N) is 5. The maximum Gasteiger partial charge on any atom is 0.218 e. The molecule has 1 aliphatic heterocycles. The second kappa shape index (κ2) is 13.2. The molecule has 1 aliphatic carbocycles. The van der Waals surface area contributed by atoms with Crippen LogP contribution in [-0.4, -0.2) is 34.3 Å². The third kappa shape index (κ3) is 6.24. The Kier molecular flexibility index (Phi) is 9.11. The molecule has 6 nitrogen and oxygen atoms in total. The van der Waals surface area contributed by atoms with E-state index in [9.17, 15) is 0 Å². The summed E-state index contributed by atoms with van der Waals surface area (Å²) in [5.41, 5.74) is 10.4. The Morgan fingerprint density at radius 1 is 0.957 bits per heavy atom. The van der Waals surface area contributed by atoms with Crippen molar-refractivity contribution in [1.82, 2.24) is 20.2 Å². The summed E-state index contributed by atoms with van der Waals surface area (Å²) in [7, 11) is 4.14. The van der Waals surface area contributed by atoms with Crippen molar-refractivity contribution in [3.05, 3.63) is 148 Å². The van der Waals surface area contributed by atoms with Gasteiger partial charge in [0.1, 0.15) is 0 Å². The van der Waals surface area contributed by atoms with Gasteiger partial charge in [0.05, 0.1) is 5.69 Å². The van der Waals surface area contributed by atoms with Crippen molar-refractivity contribution in [1.29, 1.82) is 0 Å². The van der Waals surface area contributed by atoms with Crippen molar-refractivity contribution in [3.8, 4) is 5.69 Å². The van der Waals surface area contributed by atoms with Crippen LogP contribution in [0.2, 0.25) is 0 Å².